The molecule has 0 spiro atoms. The average molecular weight is 442 g/mol. The molecule has 4 rings (SSSR count). The number of hydrogen-bond acceptors (Lipinski definition) is 10. The molecule has 0 saturated carbocycles. The number of imidazole rings is 1. The summed E-state index contributed by atoms with van der Waals surface area (Å²) in [6.07, 6.45) is 0.188. The van der Waals surface area contributed by atoms with E-state index in [1.165, 1.54) is 17.2 Å². The molecular formula is C14H17N7O5Se. The molecule has 0 aliphatic carbocycles. The van der Waals surface area contributed by atoms with Crippen molar-refractivity contribution in [2.45, 2.75) is 24.5 Å². The van der Waals surface area contributed by atoms with Gasteiger partial charge in [-0.3, -0.25) is 4.57 Å². The Hall–Kier alpha value is -2.41. The number of primary amides is 1. The van der Waals surface area contributed by atoms with E-state index in [4.69, 9.17) is 21.3 Å². The van der Waals surface area contributed by atoms with E-state index in [9.17, 15) is 15.0 Å². The Balaban J connectivity index is 0.000000221. The van der Waals surface area contributed by atoms with Gasteiger partial charge in [-0.05, 0) is 0 Å². The minimum absolute atomic E-state index is 0.103. The maximum atomic E-state index is 10.3. The van der Waals surface area contributed by atoms with Crippen LogP contribution in [0.3, 0.4) is 0 Å². The van der Waals surface area contributed by atoms with Gasteiger partial charge in [0.25, 0.3) is 0 Å². The number of aliphatic hydroxyl groups excluding tert-OH is 3. The fourth-order valence-electron chi connectivity index (χ4n) is 2.51. The third kappa shape index (κ3) is 3.83. The molecule has 1 saturated heterocycles. The number of carbonyl (C=O) groups excluding carboxylic acids is 1. The van der Waals surface area contributed by atoms with Gasteiger partial charge in [-0.15, -0.1) is 0 Å². The second-order valence-corrected chi connectivity index (χ2v) is 7.39. The number of carbonyl (C=O) groups is 1. The zero-order valence-corrected chi connectivity index (χ0v) is 15.5. The summed E-state index contributed by atoms with van der Waals surface area (Å²) in [7, 11) is 0. The van der Waals surface area contributed by atoms with Gasteiger partial charge in [0.2, 0.25) is 0 Å². The van der Waals surface area contributed by atoms with Gasteiger partial charge in [-0.2, -0.15) is 0 Å². The SMILES string of the molecule is NC(=O)c1ncc[se]1.Nc1ncnc2c1ncn2[C@@H]1O[C@H](CO)[C@@H](O)[C@H]1O. The number of fused-ring (bicyclic) bond motifs is 1. The summed E-state index contributed by atoms with van der Waals surface area (Å²) in [5.74, 6) is -0.175. The molecule has 1 aliphatic heterocycles. The fourth-order valence-corrected chi connectivity index (χ4v) is 3.54. The second kappa shape index (κ2) is 8.08. The van der Waals surface area contributed by atoms with Gasteiger partial charge in [0.1, 0.15) is 30.2 Å². The first kappa shape index (κ1) is 19.4. The van der Waals surface area contributed by atoms with E-state index >= 15 is 0 Å². The van der Waals surface area contributed by atoms with Crippen LogP contribution in [0.25, 0.3) is 11.2 Å². The quantitative estimate of drug-likeness (QED) is 0.265. The van der Waals surface area contributed by atoms with Gasteiger partial charge < -0.3 is 25.8 Å². The zero-order chi connectivity index (χ0) is 19.6. The summed E-state index contributed by atoms with van der Waals surface area (Å²) in [5.41, 5.74) is 11.3. The van der Waals surface area contributed by atoms with Crippen LogP contribution in [-0.4, -0.2) is 85.2 Å². The first-order valence-electron chi connectivity index (χ1n) is 7.68. The summed E-state index contributed by atoms with van der Waals surface area (Å²) in [6.45, 7) is -0.390. The number of nitrogen functional groups attached to an aromatic ring is 1. The Morgan fingerprint density at radius 1 is 1.26 bits per heavy atom. The number of aliphatic hydroxyl groups is 3. The van der Waals surface area contributed by atoms with E-state index < -0.39 is 37.1 Å². The van der Waals surface area contributed by atoms with Crippen LogP contribution in [0.4, 0.5) is 5.82 Å². The maximum Gasteiger partial charge on any atom is 0.167 e. The Bertz CT molecular complexity index is 918. The summed E-state index contributed by atoms with van der Waals surface area (Å²) in [6, 6.07) is 0. The van der Waals surface area contributed by atoms with Crippen LogP contribution in [0.2, 0.25) is 0 Å². The fraction of sp³-hybridized carbons (Fsp3) is 0.357. The minimum Gasteiger partial charge on any atom is -0.394 e. The molecule has 4 atom stereocenters. The molecule has 13 heteroatoms. The van der Waals surface area contributed by atoms with Crippen LogP contribution in [0.15, 0.2) is 23.8 Å². The van der Waals surface area contributed by atoms with Gasteiger partial charge in [-0.1, -0.05) is 0 Å². The van der Waals surface area contributed by atoms with Crippen molar-refractivity contribution in [3.63, 3.8) is 0 Å². The smallest absolute Gasteiger partial charge is 0.167 e. The number of aromatic nitrogens is 5. The number of hydrogen-bond donors (Lipinski definition) is 5. The van der Waals surface area contributed by atoms with Crippen molar-refractivity contribution in [1.29, 1.82) is 0 Å². The molecule has 1 fully saturated rings. The van der Waals surface area contributed by atoms with Crippen LogP contribution in [0.1, 0.15) is 15.6 Å². The molecule has 0 radical (unpaired) electrons. The summed E-state index contributed by atoms with van der Waals surface area (Å²) in [5, 5.41) is 28.7. The van der Waals surface area contributed by atoms with E-state index in [0.29, 0.717) is 15.7 Å². The molecule has 12 nitrogen and oxygen atoms in total. The molecule has 3 aromatic heterocycles. The molecule has 144 valence electrons. The molecule has 3 aromatic rings. The Morgan fingerprint density at radius 3 is 2.59 bits per heavy atom. The van der Waals surface area contributed by atoms with Crippen molar-refractivity contribution < 1.29 is 24.9 Å². The molecule has 0 aromatic carbocycles. The van der Waals surface area contributed by atoms with Crippen molar-refractivity contribution in [2.75, 3.05) is 12.3 Å². The molecule has 1 amide bonds. The molecule has 7 N–H and O–H groups in total. The molecule has 27 heavy (non-hydrogen) atoms. The Labute approximate surface area is 158 Å². The normalized spacial score (nSPS) is 24.6. The van der Waals surface area contributed by atoms with Crippen molar-refractivity contribution >= 4 is 37.4 Å². The average Bonchev–Trinajstić information content (AvgIpc) is 3.37. The van der Waals surface area contributed by atoms with Gasteiger partial charge in [0, 0.05) is 0 Å². The van der Waals surface area contributed by atoms with E-state index in [2.05, 4.69) is 19.9 Å². The number of rotatable bonds is 3. The van der Waals surface area contributed by atoms with Crippen molar-refractivity contribution in [3.8, 4) is 0 Å². The van der Waals surface area contributed by atoms with Gasteiger partial charge in [-0.25, -0.2) is 15.0 Å². The van der Waals surface area contributed by atoms with E-state index in [1.807, 2.05) is 4.94 Å². The number of nitrogens with zero attached hydrogens (tertiary/aromatic N) is 5. The molecule has 4 heterocycles. The number of anilines is 1. The summed E-state index contributed by atoms with van der Waals surface area (Å²) in [4.78, 5) is 27.7. The number of ether oxygens (including phenoxy) is 1. The predicted molar refractivity (Wildman–Crippen MR) is 92.4 cm³/mol. The summed E-state index contributed by atoms with van der Waals surface area (Å²) < 4.78 is 7.37. The van der Waals surface area contributed by atoms with E-state index in [-0.39, 0.29) is 20.3 Å². The molecule has 1 aliphatic rings. The van der Waals surface area contributed by atoms with Crippen molar-refractivity contribution in [3.05, 3.63) is 28.4 Å². The standard InChI is InChI=1S/C10H13N5O4.C4H4N2OSe/c11-8-5-9(13-2-12-8)15(3-14-5)10-7(18)6(17)4(1-16)19-10;5-3(7)4-6-1-2-8-4/h2-4,6-7,10,16-18H,1H2,(H2,11,12,13);1-2H,(H2,5,7)/t4-,6-,7-,10-;/m1./s1. The molecule has 0 unspecified atom stereocenters. The van der Waals surface area contributed by atoms with Crippen LogP contribution in [0.5, 0.6) is 0 Å². The van der Waals surface area contributed by atoms with Gasteiger partial charge >= 0.3 is 51.6 Å². The predicted octanol–water partition coefficient (Wildman–Crippen LogP) is -2.74. The third-order valence-corrected chi connectivity index (χ3v) is 5.47. The Morgan fingerprint density at radius 2 is 2.04 bits per heavy atom. The monoisotopic (exact) mass is 443 g/mol. The van der Waals surface area contributed by atoms with Crippen molar-refractivity contribution in [2.24, 2.45) is 5.73 Å². The van der Waals surface area contributed by atoms with Crippen LogP contribution in [-0.2, 0) is 4.74 Å². The zero-order valence-electron chi connectivity index (χ0n) is 13.8. The molecule has 0 bridgehead atoms. The first-order chi connectivity index (χ1) is 12.9. The number of amides is 1. The van der Waals surface area contributed by atoms with Crippen LogP contribution < -0.4 is 11.5 Å². The van der Waals surface area contributed by atoms with Crippen molar-refractivity contribution in [1.82, 2.24) is 24.5 Å². The molecular weight excluding hydrogens is 425 g/mol. The first-order valence-corrected chi connectivity index (χ1v) is 9.53. The van der Waals surface area contributed by atoms with Crippen LogP contribution in [0, 0.1) is 0 Å². The van der Waals surface area contributed by atoms with Gasteiger partial charge in [0.15, 0.2) is 17.7 Å². The van der Waals surface area contributed by atoms with E-state index in [1.54, 1.807) is 6.20 Å². The van der Waals surface area contributed by atoms with Gasteiger partial charge in [0.05, 0.1) is 12.9 Å². The minimum atomic E-state index is -1.19. The van der Waals surface area contributed by atoms with E-state index in [0.717, 1.165) is 0 Å². The number of nitrogens with two attached hydrogens (primary N) is 2. The summed E-state index contributed by atoms with van der Waals surface area (Å²) >= 11 is 0.103. The van der Waals surface area contributed by atoms with Crippen LogP contribution >= 0.6 is 0 Å². The Kier molecular flexibility index (Phi) is 5.79. The largest absolute Gasteiger partial charge is 0.394 e. The third-order valence-electron chi connectivity index (χ3n) is 3.82. The maximum absolute atomic E-state index is 10.3. The topological polar surface area (TPSA) is 196 Å². The second-order valence-electron chi connectivity index (χ2n) is 5.51.